The first-order valence-corrected chi connectivity index (χ1v) is 6.12. The third-order valence-electron chi connectivity index (χ3n) is 3.33. The maximum absolute atomic E-state index is 5.84. The second kappa shape index (κ2) is 4.49. The molecular weight excluding hydrogens is 232 g/mol. The minimum absolute atomic E-state index is 0.404. The average Bonchev–Trinajstić information content (AvgIpc) is 2.78. The van der Waals surface area contributed by atoms with Gasteiger partial charge in [-0.05, 0) is 36.5 Å². The molecule has 0 radical (unpaired) electrons. The number of fused-ring (bicyclic) bond motifs is 3. The summed E-state index contributed by atoms with van der Waals surface area (Å²) in [7, 11) is 1.70. The molecule has 0 aliphatic carbocycles. The third kappa shape index (κ3) is 1.71. The van der Waals surface area contributed by atoms with Gasteiger partial charge in [0.1, 0.15) is 11.1 Å². The van der Waals surface area contributed by atoms with Crippen LogP contribution in [0.25, 0.3) is 11.0 Å². The van der Waals surface area contributed by atoms with Gasteiger partial charge in [-0.3, -0.25) is 0 Å². The number of nitrogens with two attached hydrogens (primary N) is 1. The van der Waals surface area contributed by atoms with Crippen LogP contribution in [0.5, 0.6) is 5.75 Å². The SMILES string of the molecule is COCCc1cc2onc(N)c2c2c1CCCO2. The van der Waals surface area contributed by atoms with Crippen LogP contribution in [-0.2, 0) is 17.6 Å². The molecule has 0 spiro atoms. The normalized spacial score (nSPS) is 14.5. The monoisotopic (exact) mass is 248 g/mol. The fraction of sp³-hybridized carbons (Fsp3) is 0.462. The highest BCUT2D eigenvalue weighted by Crippen LogP contribution is 2.39. The molecule has 3 rings (SSSR count). The molecule has 2 N–H and O–H groups in total. The van der Waals surface area contributed by atoms with Crippen molar-refractivity contribution in [3.8, 4) is 5.75 Å². The van der Waals surface area contributed by atoms with Gasteiger partial charge in [-0.1, -0.05) is 5.16 Å². The third-order valence-corrected chi connectivity index (χ3v) is 3.33. The van der Waals surface area contributed by atoms with Crippen LogP contribution in [0.1, 0.15) is 17.5 Å². The highest BCUT2D eigenvalue weighted by atomic mass is 16.5. The average molecular weight is 248 g/mol. The molecular formula is C13H16N2O3. The Bertz CT molecular complexity index is 577. The number of nitrogens with zero attached hydrogens (tertiary/aromatic N) is 1. The van der Waals surface area contributed by atoms with E-state index in [1.54, 1.807) is 7.11 Å². The van der Waals surface area contributed by atoms with E-state index in [4.69, 9.17) is 19.7 Å². The predicted molar refractivity (Wildman–Crippen MR) is 67.8 cm³/mol. The van der Waals surface area contributed by atoms with Gasteiger partial charge in [0.15, 0.2) is 11.4 Å². The summed E-state index contributed by atoms with van der Waals surface area (Å²) < 4.78 is 16.2. The van der Waals surface area contributed by atoms with E-state index in [-0.39, 0.29) is 0 Å². The minimum atomic E-state index is 0.404. The number of ether oxygens (including phenoxy) is 2. The van der Waals surface area contributed by atoms with Crippen LogP contribution in [0.15, 0.2) is 10.6 Å². The first-order valence-electron chi connectivity index (χ1n) is 6.12. The molecule has 0 atom stereocenters. The van der Waals surface area contributed by atoms with Crippen molar-refractivity contribution in [1.29, 1.82) is 0 Å². The molecule has 1 aromatic heterocycles. The van der Waals surface area contributed by atoms with Gasteiger partial charge in [0, 0.05) is 7.11 Å². The summed E-state index contributed by atoms with van der Waals surface area (Å²) >= 11 is 0. The van der Waals surface area contributed by atoms with Crippen molar-refractivity contribution < 1.29 is 14.0 Å². The van der Waals surface area contributed by atoms with Crippen LogP contribution in [0.2, 0.25) is 0 Å². The number of hydrogen-bond acceptors (Lipinski definition) is 5. The molecule has 18 heavy (non-hydrogen) atoms. The summed E-state index contributed by atoms with van der Waals surface area (Å²) in [6.07, 6.45) is 2.89. The molecule has 0 saturated carbocycles. The lowest BCUT2D eigenvalue weighted by atomic mass is 9.96. The summed E-state index contributed by atoms with van der Waals surface area (Å²) in [6.45, 7) is 1.40. The van der Waals surface area contributed by atoms with Crippen molar-refractivity contribution in [2.24, 2.45) is 0 Å². The number of rotatable bonds is 3. The molecule has 0 amide bonds. The summed E-state index contributed by atoms with van der Waals surface area (Å²) in [6, 6.07) is 2.01. The smallest absolute Gasteiger partial charge is 0.178 e. The topological polar surface area (TPSA) is 70.5 Å². The number of nitrogen functional groups attached to an aromatic ring is 1. The summed E-state index contributed by atoms with van der Waals surface area (Å²) in [5, 5.41) is 4.63. The van der Waals surface area contributed by atoms with E-state index in [1.165, 1.54) is 11.1 Å². The number of hydrogen-bond donors (Lipinski definition) is 1. The van der Waals surface area contributed by atoms with E-state index in [9.17, 15) is 0 Å². The lowest BCUT2D eigenvalue weighted by Crippen LogP contribution is -2.12. The van der Waals surface area contributed by atoms with E-state index in [1.807, 2.05) is 6.07 Å². The molecule has 5 heteroatoms. The molecule has 0 fully saturated rings. The van der Waals surface area contributed by atoms with E-state index >= 15 is 0 Å². The number of anilines is 1. The number of aromatic nitrogens is 1. The van der Waals surface area contributed by atoms with Crippen molar-refractivity contribution in [3.63, 3.8) is 0 Å². The Hall–Kier alpha value is -1.75. The van der Waals surface area contributed by atoms with Crippen LogP contribution in [0.3, 0.4) is 0 Å². The van der Waals surface area contributed by atoms with E-state index in [2.05, 4.69) is 5.16 Å². The molecule has 1 aromatic carbocycles. The fourth-order valence-corrected chi connectivity index (χ4v) is 2.48. The summed E-state index contributed by atoms with van der Waals surface area (Å²) in [5.74, 6) is 1.25. The zero-order valence-electron chi connectivity index (χ0n) is 10.4. The van der Waals surface area contributed by atoms with E-state index in [0.717, 1.165) is 37.0 Å². The Morgan fingerprint density at radius 3 is 3.22 bits per heavy atom. The largest absolute Gasteiger partial charge is 0.492 e. The molecule has 0 bridgehead atoms. The van der Waals surface area contributed by atoms with Gasteiger partial charge in [-0.25, -0.2) is 0 Å². The van der Waals surface area contributed by atoms with Gasteiger partial charge < -0.3 is 19.7 Å². The second-order valence-electron chi connectivity index (χ2n) is 4.48. The van der Waals surface area contributed by atoms with Crippen LogP contribution in [-0.4, -0.2) is 25.5 Å². The molecule has 2 heterocycles. The number of methoxy groups -OCH3 is 1. The van der Waals surface area contributed by atoms with Crippen molar-refractivity contribution in [1.82, 2.24) is 5.16 Å². The number of benzene rings is 1. The Labute approximate surface area is 105 Å². The Kier molecular flexibility index (Phi) is 2.83. The molecule has 96 valence electrons. The zero-order chi connectivity index (χ0) is 12.5. The second-order valence-corrected chi connectivity index (χ2v) is 4.48. The molecule has 1 aliphatic rings. The van der Waals surface area contributed by atoms with Crippen molar-refractivity contribution in [3.05, 3.63) is 17.2 Å². The van der Waals surface area contributed by atoms with Gasteiger partial charge in [0.25, 0.3) is 0 Å². The zero-order valence-corrected chi connectivity index (χ0v) is 10.4. The van der Waals surface area contributed by atoms with Crippen LogP contribution < -0.4 is 10.5 Å². The first kappa shape index (κ1) is 11.3. The Balaban J connectivity index is 2.18. The highest BCUT2D eigenvalue weighted by Gasteiger charge is 2.22. The molecule has 0 unspecified atom stereocenters. The van der Waals surface area contributed by atoms with Crippen molar-refractivity contribution >= 4 is 16.8 Å². The first-order chi connectivity index (χ1) is 8.81. The Morgan fingerprint density at radius 2 is 2.39 bits per heavy atom. The minimum Gasteiger partial charge on any atom is -0.492 e. The van der Waals surface area contributed by atoms with Gasteiger partial charge in [-0.15, -0.1) is 0 Å². The lowest BCUT2D eigenvalue weighted by molar-refractivity contribution is 0.201. The van der Waals surface area contributed by atoms with Crippen LogP contribution in [0, 0.1) is 0 Å². The van der Waals surface area contributed by atoms with Gasteiger partial charge in [0.05, 0.1) is 13.2 Å². The standard InChI is InChI=1S/C13H16N2O3/c1-16-6-4-8-7-10-11(13(14)15-18-10)12-9(8)3-2-5-17-12/h7H,2-6H2,1H3,(H2,14,15). The molecule has 0 saturated heterocycles. The Morgan fingerprint density at radius 1 is 1.50 bits per heavy atom. The van der Waals surface area contributed by atoms with E-state index < -0.39 is 0 Å². The van der Waals surface area contributed by atoms with Crippen LogP contribution in [0.4, 0.5) is 5.82 Å². The summed E-state index contributed by atoms with van der Waals surface area (Å²) in [5.41, 5.74) is 8.96. The summed E-state index contributed by atoms with van der Waals surface area (Å²) in [4.78, 5) is 0. The van der Waals surface area contributed by atoms with E-state index in [0.29, 0.717) is 18.0 Å². The molecule has 2 aromatic rings. The van der Waals surface area contributed by atoms with Crippen LogP contribution >= 0.6 is 0 Å². The van der Waals surface area contributed by atoms with Gasteiger partial charge >= 0.3 is 0 Å². The predicted octanol–water partition coefficient (Wildman–Crippen LogP) is 1.92. The fourth-order valence-electron chi connectivity index (χ4n) is 2.48. The van der Waals surface area contributed by atoms with Gasteiger partial charge in [-0.2, -0.15) is 0 Å². The molecule has 1 aliphatic heterocycles. The maximum Gasteiger partial charge on any atom is 0.178 e. The van der Waals surface area contributed by atoms with Gasteiger partial charge in [0.2, 0.25) is 0 Å². The van der Waals surface area contributed by atoms with Crippen molar-refractivity contribution in [2.75, 3.05) is 26.1 Å². The maximum atomic E-state index is 5.84. The van der Waals surface area contributed by atoms with Crippen molar-refractivity contribution in [2.45, 2.75) is 19.3 Å². The molecule has 5 nitrogen and oxygen atoms in total. The highest BCUT2D eigenvalue weighted by molar-refractivity contribution is 5.94. The quantitative estimate of drug-likeness (QED) is 0.898. The lowest BCUT2D eigenvalue weighted by Gasteiger charge is -2.20.